The van der Waals surface area contributed by atoms with Gasteiger partial charge in [0.05, 0.1) is 12.7 Å². The van der Waals surface area contributed by atoms with Crippen molar-refractivity contribution < 1.29 is 14.3 Å². The predicted octanol–water partition coefficient (Wildman–Crippen LogP) is 31.1. The molecule has 0 aliphatic heterocycles. The molecule has 1 amide bonds. The Labute approximate surface area is 735 Å². The number of esters is 1. The summed E-state index contributed by atoms with van der Waals surface area (Å²) in [5.41, 5.74) is 48.4. The molecule has 0 saturated heterocycles. The zero-order valence-electron chi connectivity index (χ0n) is 73.6. The van der Waals surface area contributed by atoms with E-state index in [1.165, 1.54) is 162 Å². The molecule has 16 aromatic rings. The second kappa shape index (κ2) is 35.6. The van der Waals surface area contributed by atoms with Gasteiger partial charge in [0.15, 0.2) is 0 Å². The maximum absolute atomic E-state index is 17.3. The smallest absolute Gasteiger partial charge is 0.329 e. The molecule has 0 saturated carbocycles. The number of amides is 1. The highest BCUT2D eigenvalue weighted by Gasteiger charge is 2.30. The third-order valence-electron chi connectivity index (χ3n) is 24.8. The average molecular weight is 1640 g/mol. The van der Waals surface area contributed by atoms with Gasteiger partial charge in [-0.1, -0.05) is 181 Å². The van der Waals surface area contributed by atoms with Crippen LogP contribution in [0.4, 0.5) is 0 Å². The molecule has 1 unspecified atom stereocenters. The highest BCUT2D eigenvalue weighted by molar-refractivity contribution is 8.76. The SMILES string of the molecule is COC(=O)C(CSSc1ccccn1)NC(=O)c1c(-c2cc(-c3cc(-c4c(C)cccc4C)cc(-c4c(C)cccc4C)c3)cc(-c3cc(-c4c(C)cccc4C)cc(-c4c(C)cccc4C)c3)c2)cccc1-c1cc(-c2cc(-c3c(C)cccc3C)cc(-c3c(C)cccc3C)c2)cc(-c2cc(-c3c(C)cccc3C)cc(-c3c(C)cccc3C)c2)c1. The summed E-state index contributed by atoms with van der Waals surface area (Å²) in [6.07, 6.45) is 1.76. The number of nitrogens with zero attached hydrogens (tertiary/aromatic N) is 1. The number of hydrogen-bond acceptors (Lipinski definition) is 6. The van der Waals surface area contributed by atoms with E-state index in [1.54, 1.807) is 6.20 Å². The van der Waals surface area contributed by atoms with Crippen LogP contribution in [0.5, 0.6) is 0 Å². The fourth-order valence-corrected chi connectivity index (χ4v) is 21.2. The van der Waals surface area contributed by atoms with Gasteiger partial charge in [0.2, 0.25) is 0 Å². The molecule has 0 fully saturated rings. The van der Waals surface area contributed by atoms with Crippen LogP contribution in [0.15, 0.2) is 302 Å². The molecule has 0 spiro atoms. The summed E-state index contributed by atoms with van der Waals surface area (Å²) in [4.78, 5) is 36.6. The van der Waals surface area contributed by atoms with Gasteiger partial charge >= 0.3 is 5.97 Å². The standard InChI is InChI=1S/C116H104N2O3S2/c1-68-29-20-30-69(2)106(68)94-55-88(56-95(63-94)107-70(3)31-21-32-71(107)4)84-49-85(89-57-96(108-72(5)33-22-34-73(108)6)64-97(58-89)109-74(7)35-23-36-75(109)8)52-92(51-84)102-45-28-46-103(114(102)115(119)118-104(116(120)121-17)67-122-123-105-47-18-19-48-117-105)93-53-86(90-59-98(110-76(9)37-24-38-77(110)10)65-99(60-90)111-78(11)39-25-40-79(111)12)50-87(54-93)91-61-100(112-80(13)41-26-42-81(112)14)66-101(62-91)113-82(15)43-27-44-83(113)16/h18-66,104H,67H2,1-17H3,(H,118,119). The van der Waals surface area contributed by atoms with Crippen molar-refractivity contribution in [2.75, 3.05) is 12.9 Å². The zero-order chi connectivity index (χ0) is 86.2. The number of aromatic nitrogens is 1. The van der Waals surface area contributed by atoms with Gasteiger partial charge in [-0.15, -0.1) is 0 Å². The molecule has 0 radical (unpaired) electrons. The first-order valence-corrected chi connectivity index (χ1v) is 44.8. The van der Waals surface area contributed by atoms with Crippen LogP contribution in [0.2, 0.25) is 0 Å². The van der Waals surface area contributed by atoms with Crippen molar-refractivity contribution in [2.24, 2.45) is 0 Å². The van der Waals surface area contributed by atoms with E-state index in [9.17, 15) is 4.79 Å². The van der Waals surface area contributed by atoms with E-state index in [4.69, 9.17) is 4.74 Å². The van der Waals surface area contributed by atoms with E-state index >= 15 is 4.79 Å². The predicted molar refractivity (Wildman–Crippen MR) is 524 cm³/mol. The quantitative estimate of drug-likeness (QED) is 0.0571. The number of methoxy groups -OCH3 is 1. The fourth-order valence-electron chi connectivity index (χ4n) is 19.1. The molecule has 16 rings (SSSR count). The van der Waals surface area contributed by atoms with Crippen molar-refractivity contribution in [1.82, 2.24) is 10.3 Å². The Morgan fingerprint density at radius 2 is 0.472 bits per heavy atom. The van der Waals surface area contributed by atoms with Crippen molar-refractivity contribution in [2.45, 2.75) is 122 Å². The van der Waals surface area contributed by atoms with Gasteiger partial charge in [0.1, 0.15) is 11.1 Å². The van der Waals surface area contributed by atoms with Crippen molar-refractivity contribution in [3.05, 3.63) is 392 Å². The molecule has 1 atom stereocenters. The Morgan fingerprint density at radius 3 is 0.683 bits per heavy atom. The molecule has 5 nitrogen and oxygen atoms in total. The summed E-state index contributed by atoms with van der Waals surface area (Å²) < 4.78 is 5.70. The normalized spacial score (nSPS) is 11.6. The lowest BCUT2D eigenvalue weighted by atomic mass is 9.83. The Kier molecular flexibility index (Phi) is 24.3. The summed E-state index contributed by atoms with van der Waals surface area (Å²) in [6, 6.07) is 106. The third kappa shape index (κ3) is 17.3. The first kappa shape index (κ1) is 83.7. The molecule has 1 aromatic heterocycles. The van der Waals surface area contributed by atoms with Crippen molar-refractivity contribution >= 4 is 33.5 Å². The van der Waals surface area contributed by atoms with Crippen molar-refractivity contribution in [1.29, 1.82) is 0 Å². The van der Waals surface area contributed by atoms with Crippen LogP contribution in [0.25, 0.3) is 156 Å². The van der Waals surface area contributed by atoms with Gasteiger partial charge in [0.25, 0.3) is 5.91 Å². The summed E-state index contributed by atoms with van der Waals surface area (Å²) >= 11 is 0. The molecular formula is C116H104N2O3S2. The van der Waals surface area contributed by atoms with E-state index in [1.807, 2.05) is 18.2 Å². The van der Waals surface area contributed by atoms with Crippen LogP contribution in [-0.4, -0.2) is 35.8 Å². The fraction of sp³-hybridized carbons (Fsp3) is 0.164. The average Bonchev–Trinajstić information content (AvgIpc) is 0.750. The number of nitrogens with one attached hydrogen (secondary N) is 1. The number of pyridine rings is 1. The van der Waals surface area contributed by atoms with Gasteiger partial charge in [-0.2, -0.15) is 0 Å². The van der Waals surface area contributed by atoms with Gasteiger partial charge < -0.3 is 10.1 Å². The summed E-state index contributed by atoms with van der Waals surface area (Å²) in [7, 11) is 4.29. The number of benzene rings is 15. The first-order valence-electron chi connectivity index (χ1n) is 42.5. The number of ether oxygens (including phenoxy) is 1. The Hall–Kier alpha value is -12.9. The summed E-state index contributed by atoms with van der Waals surface area (Å²) in [6.45, 7) is 35.4. The second-order valence-electron chi connectivity index (χ2n) is 33.7. The molecule has 0 aliphatic rings. The van der Waals surface area contributed by atoms with Gasteiger partial charge in [-0.3, -0.25) is 4.79 Å². The summed E-state index contributed by atoms with van der Waals surface area (Å²) in [5, 5.41) is 4.17. The van der Waals surface area contributed by atoms with E-state index in [-0.39, 0.29) is 5.75 Å². The van der Waals surface area contributed by atoms with Crippen LogP contribution in [0.1, 0.15) is 99.4 Å². The lowest BCUT2D eigenvalue weighted by molar-refractivity contribution is -0.142. The minimum Gasteiger partial charge on any atom is -0.467 e. The Bertz CT molecular complexity index is 5720. The maximum Gasteiger partial charge on any atom is 0.329 e. The second-order valence-corrected chi connectivity index (χ2v) is 36.1. The minimum absolute atomic E-state index is 0.175. The number of carbonyl (C=O) groups excluding carboxylic acids is 2. The van der Waals surface area contributed by atoms with Crippen LogP contribution in [0.3, 0.4) is 0 Å². The largest absolute Gasteiger partial charge is 0.467 e. The molecule has 1 heterocycles. The van der Waals surface area contributed by atoms with Crippen molar-refractivity contribution in [3.63, 3.8) is 0 Å². The van der Waals surface area contributed by atoms with Gasteiger partial charge in [0, 0.05) is 11.9 Å². The Balaban J connectivity index is 1.03. The Morgan fingerprint density at radius 1 is 0.268 bits per heavy atom. The number of rotatable bonds is 21. The van der Waals surface area contributed by atoms with Gasteiger partial charge in [-0.05, 0) is 488 Å². The lowest BCUT2D eigenvalue weighted by Crippen LogP contribution is -2.43. The topological polar surface area (TPSA) is 68.3 Å². The minimum atomic E-state index is -1.09. The zero-order valence-corrected chi connectivity index (χ0v) is 75.2. The lowest BCUT2D eigenvalue weighted by Gasteiger charge is -2.22. The van der Waals surface area contributed by atoms with Crippen LogP contribution in [0, 0.1) is 111 Å². The van der Waals surface area contributed by atoms with Crippen LogP contribution >= 0.6 is 21.6 Å². The van der Waals surface area contributed by atoms with Crippen LogP contribution < -0.4 is 5.32 Å². The number of hydrogen-bond donors (Lipinski definition) is 1. The van der Waals surface area contributed by atoms with Crippen molar-refractivity contribution in [3.8, 4) is 156 Å². The van der Waals surface area contributed by atoms with Gasteiger partial charge in [-0.25, -0.2) is 9.78 Å². The highest BCUT2D eigenvalue weighted by atomic mass is 33.1. The third-order valence-corrected chi connectivity index (χ3v) is 27.1. The van der Waals surface area contributed by atoms with E-state index in [0.717, 1.165) is 105 Å². The number of aryl methyl sites for hydroxylation is 16. The molecule has 123 heavy (non-hydrogen) atoms. The molecule has 608 valence electrons. The number of carbonyl (C=O) groups is 2. The molecule has 0 aliphatic carbocycles. The molecule has 15 aromatic carbocycles. The summed E-state index contributed by atoms with van der Waals surface area (Å²) in [5.74, 6) is -0.830. The molecule has 0 bridgehead atoms. The van der Waals surface area contributed by atoms with E-state index < -0.39 is 17.9 Å². The van der Waals surface area contributed by atoms with E-state index in [2.05, 4.69) is 394 Å². The molecular weight excluding hydrogens is 1530 g/mol. The maximum atomic E-state index is 17.3. The highest BCUT2D eigenvalue weighted by Crippen LogP contribution is 2.49. The first-order chi connectivity index (χ1) is 59.3. The molecule has 7 heteroatoms. The monoisotopic (exact) mass is 1640 g/mol. The van der Waals surface area contributed by atoms with Crippen LogP contribution in [-0.2, 0) is 9.53 Å². The molecule has 1 N–H and O–H groups in total. The van der Waals surface area contributed by atoms with E-state index in [0.29, 0.717) is 16.7 Å².